The summed E-state index contributed by atoms with van der Waals surface area (Å²) in [6, 6.07) is 10.8. The largest absolute Gasteiger partial charge is 0.374 e. The molecule has 6 nitrogen and oxygen atoms in total. The summed E-state index contributed by atoms with van der Waals surface area (Å²) in [5.74, 6) is 1.31. The molecule has 0 aliphatic carbocycles. The summed E-state index contributed by atoms with van der Waals surface area (Å²) in [6.45, 7) is 4.99. The molecule has 6 heteroatoms. The van der Waals surface area contributed by atoms with E-state index in [0.29, 0.717) is 18.3 Å². The molecule has 0 saturated carbocycles. The van der Waals surface area contributed by atoms with E-state index >= 15 is 0 Å². The lowest BCUT2D eigenvalue weighted by molar-refractivity contribution is -0.0744. The van der Waals surface area contributed by atoms with Gasteiger partial charge in [0.15, 0.2) is 5.82 Å². The Balaban J connectivity index is 1.68. The van der Waals surface area contributed by atoms with Crippen LogP contribution in [0.3, 0.4) is 0 Å². The van der Waals surface area contributed by atoms with E-state index in [4.69, 9.17) is 9.26 Å². The topological polar surface area (TPSA) is 54.6 Å². The Kier molecular flexibility index (Phi) is 5.05. The maximum atomic E-state index is 6.08. The van der Waals surface area contributed by atoms with Crippen LogP contribution in [-0.2, 0) is 11.3 Å². The summed E-state index contributed by atoms with van der Waals surface area (Å²) in [6.07, 6.45) is 0.120. The number of morpholine rings is 1. The lowest BCUT2D eigenvalue weighted by Crippen LogP contribution is -2.47. The van der Waals surface area contributed by atoms with Crippen molar-refractivity contribution in [2.45, 2.75) is 25.6 Å². The van der Waals surface area contributed by atoms with Gasteiger partial charge in [0.1, 0.15) is 0 Å². The number of rotatable bonds is 5. The third-order valence-electron chi connectivity index (χ3n) is 4.22. The molecule has 1 aromatic carbocycles. The van der Waals surface area contributed by atoms with Gasteiger partial charge < -0.3 is 9.26 Å². The van der Waals surface area contributed by atoms with Gasteiger partial charge in [-0.3, -0.25) is 9.80 Å². The minimum Gasteiger partial charge on any atom is -0.374 e. The first kappa shape index (κ1) is 16.1. The quantitative estimate of drug-likeness (QED) is 0.839. The zero-order valence-electron chi connectivity index (χ0n) is 14.0. The van der Waals surface area contributed by atoms with E-state index in [1.807, 2.05) is 6.07 Å². The molecule has 1 aliphatic rings. The van der Waals surface area contributed by atoms with Crippen LogP contribution >= 0.6 is 0 Å². The van der Waals surface area contributed by atoms with Gasteiger partial charge in [-0.25, -0.2) is 0 Å². The van der Waals surface area contributed by atoms with Gasteiger partial charge >= 0.3 is 0 Å². The minimum absolute atomic E-state index is 0.120. The maximum absolute atomic E-state index is 6.08. The van der Waals surface area contributed by atoms with Crippen molar-refractivity contribution in [3.63, 3.8) is 0 Å². The van der Waals surface area contributed by atoms with E-state index in [0.717, 1.165) is 19.7 Å². The zero-order valence-corrected chi connectivity index (χ0v) is 14.0. The Morgan fingerprint density at radius 2 is 2.09 bits per heavy atom. The molecule has 2 atom stereocenters. The van der Waals surface area contributed by atoms with E-state index < -0.39 is 0 Å². The smallest absolute Gasteiger partial charge is 0.223 e. The molecule has 1 fully saturated rings. The van der Waals surface area contributed by atoms with Crippen LogP contribution in [0.15, 0.2) is 34.9 Å². The standard InChI is InChI=1S/C17H24N4O2/c1-13-18-16(19-23-13)12-20(2)11-15-17(21(3)9-10-22-15)14-7-5-4-6-8-14/h4-8,15,17H,9-12H2,1-3H3/t15-,17-/m0/s1. The Morgan fingerprint density at radius 1 is 1.30 bits per heavy atom. The van der Waals surface area contributed by atoms with Crippen LogP contribution in [0.1, 0.15) is 23.3 Å². The molecule has 1 aromatic heterocycles. The summed E-state index contributed by atoms with van der Waals surface area (Å²) in [4.78, 5) is 8.82. The number of nitrogens with zero attached hydrogens (tertiary/aromatic N) is 4. The predicted molar refractivity (Wildman–Crippen MR) is 86.9 cm³/mol. The predicted octanol–water partition coefficient (Wildman–Crippen LogP) is 1.88. The summed E-state index contributed by atoms with van der Waals surface area (Å²) < 4.78 is 11.1. The Bertz CT molecular complexity index is 616. The van der Waals surface area contributed by atoms with Gasteiger partial charge in [0.25, 0.3) is 0 Å². The molecule has 2 aromatic rings. The SMILES string of the molecule is Cc1nc(CN(C)C[C@@H]2OCCN(C)[C@H]2c2ccccc2)no1. The first-order valence-corrected chi connectivity index (χ1v) is 7.98. The Hall–Kier alpha value is -1.76. The van der Waals surface area contributed by atoms with Crippen LogP contribution in [-0.4, -0.2) is 59.8 Å². The highest BCUT2D eigenvalue weighted by Crippen LogP contribution is 2.28. The molecular formula is C17H24N4O2. The number of likely N-dealkylation sites (N-methyl/N-ethyl adjacent to an activating group) is 2. The fourth-order valence-corrected chi connectivity index (χ4v) is 3.15. The molecular weight excluding hydrogens is 292 g/mol. The number of benzene rings is 1. The number of aromatic nitrogens is 2. The van der Waals surface area contributed by atoms with Crippen molar-refractivity contribution >= 4 is 0 Å². The number of ether oxygens (including phenoxy) is 1. The normalized spacial score (nSPS) is 22.6. The Morgan fingerprint density at radius 3 is 2.78 bits per heavy atom. The highest BCUT2D eigenvalue weighted by molar-refractivity contribution is 5.21. The molecule has 0 unspecified atom stereocenters. The third kappa shape index (κ3) is 3.96. The monoisotopic (exact) mass is 316 g/mol. The van der Waals surface area contributed by atoms with Crippen molar-refractivity contribution in [2.75, 3.05) is 33.8 Å². The van der Waals surface area contributed by atoms with Crippen LogP contribution in [0.2, 0.25) is 0 Å². The highest BCUT2D eigenvalue weighted by Gasteiger charge is 2.32. The second-order valence-corrected chi connectivity index (χ2v) is 6.17. The second kappa shape index (κ2) is 7.21. The minimum atomic E-state index is 0.120. The van der Waals surface area contributed by atoms with Crippen molar-refractivity contribution in [3.8, 4) is 0 Å². The van der Waals surface area contributed by atoms with Crippen molar-refractivity contribution in [2.24, 2.45) is 0 Å². The summed E-state index contributed by atoms with van der Waals surface area (Å²) in [7, 11) is 4.22. The molecule has 23 heavy (non-hydrogen) atoms. The van der Waals surface area contributed by atoms with Gasteiger partial charge in [0, 0.05) is 20.0 Å². The number of hydrogen-bond acceptors (Lipinski definition) is 6. The molecule has 0 spiro atoms. The van der Waals surface area contributed by atoms with Crippen LogP contribution in [0.5, 0.6) is 0 Å². The van der Waals surface area contributed by atoms with Crippen molar-refractivity contribution in [1.82, 2.24) is 19.9 Å². The maximum Gasteiger partial charge on any atom is 0.223 e. The van der Waals surface area contributed by atoms with E-state index in [9.17, 15) is 0 Å². The number of hydrogen-bond donors (Lipinski definition) is 0. The average molecular weight is 316 g/mol. The van der Waals surface area contributed by atoms with Gasteiger partial charge in [-0.2, -0.15) is 4.98 Å². The number of aryl methyl sites for hydroxylation is 1. The van der Waals surface area contributed by atoms with Crippen molar-refractivity contribution in [3.05, 3.63) is 47.6 Å². The van der Waals surface area contributed by atoms with E-state index in [1.54, 1.807) is 6.92 Å². The Labute approximate surface area is 137 Å². The van der Waals surface area contributed by atoms with E-state index in [2.05, 4.69) is 58.3 Å². The van der Waals surface area contributed by atoms with Gasteiger partial charge in [0.05, 0.1) is 25.3 Å². The summed E-state index contributed by atoms with van der Waals surface area (Å²) in [5, 5.41) is 3.96. The molecule has 2 heterocycles. The van der Waals surface area contributed by atoms with Gasteiger partial charge in [0.2, 0.25) is 5.89 Å². The van der Waals surface area contributed by atoms with Crippen molar-refractivity contribution in [1.29, 1.82) is 0 Å². The van der Waals surface area contributed by atoms with Crippen LogP contribution < -0.4 is 0 Å². The molecule has 0 amide bonds. The van der Waals surface area contributed by atoms with Crippen molar-refractivity contribution < 1.29 is 9.26 Å². The molecule has 124 valence electrons. The lowest BCUT2D eigenvalue weighted by Gasteiger charge is -2.40. The van der Waals surface area contributed by atoms with Gasteiger partial charge in [-0.15, -0.1) is 0 Å². The van der Waals surface area contributed by atoms with Crippen LogP contribution in [0, 0.1) is 6.92 Å². The zero-order chi connectivity index (χ0) is 16.2. The molecule has 1 saturated heterocycles. The first-order valence-electron chi connectivity index (χ1n) is 7.98. The fraction of sp³-hybridized carbons (Fsp3) is 0.529. The van der Waals surface area contributed by atoms with Gasteiger partial charge in [-0.1, -0.05) is 35.5 Å². The summed E-state index contributed by atoms with van der Waals surface area (Å²) in [5.41, 5.74) is 1.29. The van der Waals surface area contributed by atoms with E-state index in [1.165, 1.54) is 5.56 Å². The van der Waals surface area contributed by atoms with Crippen LogP contribution in [0.25, 0.3) is 0 Å². The molecule has 1 aliphatic heterocycles. The summed E-state index contributed by atoms with van der Waals surface area (Å²) >= 11 is 0. The molecule has 0 radical (unpaired) electrons. The van der Waals surface area contributed by atoms with E-state index in [-0.39, 0.29) is 12.1 Å². The molecule has 0 N–H and O–H groups in total. The molecule has 3 rings (SSSR count). The highest BCUT2D eigenvalue weighted by atomic mass is 16.5. The lowest BCUT2D eigenvalue weighted by atomic mass is 9.98. The van der Waals surface area contributed by atoms with Gasteiger partial charge in [-0.05, 0) is 19.7 Å². The molecule has 0 bridgehead atoms. The fourth-order valence-electron chi connectivity index (χ4n) is 3.15. The average Bonchev–Trinajstić information content (AvgIpc) is 2.93. The second-order valence-electron chi connectivity index (χ2n) is 6.17. The first-order chi connectivity index (χ1) is 11.1. The third-order valence-corrected chi connectivity index (χ3v) is 4.22. The van der Waals surface area contributed by atoms with Crippen LogP contribution in [0.4, 0.5) is 0 Å².